The third-order valence-electron chi connectivity index (χ3n) is 3.55. The smallest absolute Gasteiger partial charge is 0.264 e. The van der Waals surface area contributed by atoms with E-state index in [0.717, 1.165) is 0 Å². The molecular weight excluding hydrogens is 294 g/mol. The molecule has 1 fully saturated rings. The molecule has 3 rings (SSSR count). The van der Waals surface area contributed by atoms with Crippen LogP contribution in [0.5, 0.6) is 0 Å². The van der Waals surface area contributed by atoms with Crippen molar-refractivity contribution in [3.05, 3.63) is 52.2 Å². The van der Waals surface area contributed by atoms with Gasteiger partial charge >= 0.3 is 0 Å². The molecule has 1 aliphatic heterocycles. The van der Waals surface area contributed by atoms with Gasteiger partial charge in [-0.2, -0.15) is 0 Å². The summed E-state index contributed by atoms with van der Waals surface area (Å²) in [6.07, 6.45) is 0. The Morgan fingerprint density at radius 1 is 1.00 bits per heavy atom. The summed E-state index contributed by atoms with van der Waals surface area (Å²) < 4.78 is 27.5. The number of anilines is 1. The van der Waals surface area contributed by atoms with E-state index in [0.29, 0.717) is 31.1 Å². The van der Waals surface area contributed by atoms with Crippen LogP contribution in [-0.4, -0.2) is 37.0 Å². The summed E-state index contributed by atoms with van der Waals surface area (Å²) in [6, 6.07) is 7.48. The van der Waals surface area contributed by atoms with Crippen molar-refractivity contribution >= 4 is 22.9 Å². The normalized spacial score (nSPS) is 15.3. The van der Waals surface area contributed by atoms with Gasteiger partial charge in [0.15, 0.2) is 0 Å². The number of carbonyl (C=O) groups excluding carboxylic acids is 1. The zero-order valence-electron chi connectivity index (χ0n) is 11.3. The van der Waals surface area contributed by atoms with Gasteiger partial charge < -0.3 is 9.80 Å². The van der Waals surface area contributed by atoms with Gasteiger partial charge in [-0.15, -0.1) is 11.3 Å². The largest absolute Gasteiger partial charge is 0.363 e. The highest BCUT2D eigenvalue weighted by atomic mass is 32.1. The van der Waals surface area contributed by atoms with E-state index in [4.69, 9.17) is 0 Å². The standard InChI is InChI=1S/C15H14F2N2OS/c16-11-3-1-4-12(17)14(11)18-6-8-19(9-7-18)15(20)13-5-2-10-21-13/h1-5,10H,6-9H2. The Kier molecular flexibility index (Phi) is 3.88. The molecule has 2 aromatic rings. The zero-order valence-corrected chi connectivity index (χ0v) is 12.1. The van der Waals surface area contributed by atoms with Gasteiger partial charge in [0, 0.05) is 26.2 Å². The first-order valence-electron chi connectivity index (χ1n) is 6.68. The number of piperazine rings is 1. The van der Waals surface area contributed by atoms with Crippen LogP contribution in [0.1, 0.15) is 9.67 Å². The van der Waals surface area contributed by atoms with Crippen molar-refractivity contribution in [1.29, 1.82) is 0 Å². The third-order valence-corrected chi connectivity index (χ3v) is 4.41. The number of carbonyl (C=O) groups is 1. The van der Waals surface area contributed by atoms with E-state index in [-0.39, 0.29) is 11.6 Å². The Morgan fingerprint density at radius 3 is 2.24 bits per heavy atom. The second-order valence-corrected chi connectivity index (χ2v) is 5.77. The molecule has 21 heavy (non-hydrogen) atoms. The SMILES string of the molecule is O=C(c1cccs1)N1CCN(c2c(F)cccc2F)CC1. The average molecular weight is 308 g/mol. The predicted octanol–water partition coefficient (Wildman–Crippen LogP) is 2.99. The van der Waals surface area contributed by atoms with Gasteiger partial charge in [0.1, 0.15) is 17.3 Å². The predicted molar refractivity (Wildman–Crippen MR) is 78.8 cm³/mol. The molecule has 0 saturated carbocycles. The maximum atomic E-state index is 13.8. The van der Waals surface area contributed by atoms with Crippen LogP contribution < -0.4 is 4.90 Å². The molecule has 0 aliphatic carbocycles. The van der Waals surface area contributed by atoms with Crippen LogP contribution in [0.2, 0.25) is 0 Å². The van der Waals surface area contributed by atoms with Crippen LogP contribution >= 0.6 is 11.3 Å². The summed E-state index contributed by atoms with van der Waals surface area (Å²) in [7, 11) is 0. The number of amides is 1. The van der Waals surface area contributed by atoms with Crippen molar-refractivity contribution in [2.45, 2.75) is 0 Å². The van der Waals surface area contributed by atoms with E-state index in [1.54, 1.807) is 15.9 Å². The number of thiophene rings is 1. The molecule has 0 unspecified atom stereocenters. The van der Waals surface area contributed by atoms with Gasteiger partial charge in [0.05, 0.1) is 4.88 Å². The van der Waals surface area contributed by atoms with E-state index in [1.165, 1.54) is 29.5 Å². The lowest BCUT2D eigenvalue weighted by atomic mass is 10.2. The fraction of sp³-hybridized carbons (Fsp3) is 0.267. The fourth-order valence-corrected chi connectivity index (χ4v) is 3.17. The van der Waals surface area contributed by atoms with Crippen molar-refractivity contribution in [2.24, 2.45) is 0 Å². The van der Waals surface area contributed by atoms with E-state index in [9.17, 15) is 13.6 Å². The number of hydrogen-bond donors (Lipinski definition) is 0. The van der Waals surface area contributed by atoms with Crippen LogP contribution in [0, 0.1) is 11.6 Å². The molecule has 6 heteroatoms. The molecule has 2 heterocycles. The molecule has 0 N–H and O–H groups in total. The lowest BCUT2D eigenvalue weighted by molar-refractivity contribution is 0.0751. The topological polar surface area (TPSA) is 23.6 Å². The average Bonchev–Trinajstić information content (AvgIpc) is 3.01. The highest BCUT2D eigenvalue weighted by Gasteiger charge is 2.25. The van der Waals surface area contributed by atoms with Crippen molar-refractivity contribution in [1.82, 2.24) is 4.90 Å². The van der Waals surface area contributed by atoms with Crippen LogP contribution in [-0.2, 0) is 0 Å². The Morgan fingerprint density at radius 2 is 1.67 bits per heavy atom. The highest BCUT2D eigenvalue weighted by Crippen LogP contribution is 2.24. The van der Waals surface area contributed by atoms with Crippen LogP contribution in [0.15, 0.2) is 35.7 Å². The lowest BCUT2D eigenvalue weighted by Gasteiger charge is -2.36. The minimum absolute atomic E-state index is 0.000669. The number of rotatable bonds is 2. The first-order chi connectivity index (χ1) is 10.2. The van der Waals surface area contributed by atoms with Crippen molar-refractivity contribution in [3.63, 3.8) is 0 Å². The minimum Gasteiger partial charge on any atom is -0.363 e. The van der Waals surface area contributed by atoms with Gasteiger partial charge in [0.25, 0.3) is 5.91 Å². The van der Waals surface area contributed by atoms with Crippen molar-refractivity contribution in [3.8, 4) is 0 Å². The summed E-state index contributed by atoms with van der Waals surface area (Å²) in [4.78, 5) is 16.3. The molecule has 1 saturated heterocycles. The number of benzene rings is 1. The summed E-state index contributed by atoms with van der Waals surface area (Å²) in [6.45, 7) is 1.78. The highest BCUT2D eigenvalue weighted by molar-refractivity contribution is 7.12. The lowest BCUT2D eigenvalue weighted by Crippen LogP contribution is -2.49. The Labute approximate surface area is 125 Å². The molecular formula is C15H14F2N2OS. The molecule has 0 radical (unpaired) electrons. The second-order valence-electron chi connectivity index (χ2n) is 4.83. The van der Waals surface area contributed by atoms with Crippen LogP contribution in [0.4, 0.5) is 14.5 Å². The number of para-hydroxylation sites is 1. The van der Waals surface area contributed by atoms with Crippen LogP contribution in [0.3, 0.4) is 0 Å². The maximum Gasteiger partial charge on any atom is 0.264 e. The molecule has 1 aromatic heterocycles. The fourth-order valence-electron chi connectivity index (χ4n) is 2.48. The number of halogens is 2. The van der Waals surface area contributed by atoms with E-state index in [2.05, 4.69) is 0 Å². The molecule has 0 bridgehead atoms. The quantitative estimate of drug-likeness (QED) is 0.851. The first kappa shape index (κ1) is 14.0. The van der Waals surface area contributed by atoms with E-state index in [1.807, 2.05) is 11.4 Å². The second kappa shape index (κ2) is 5.81. The molecule has 3 nitrogen and oxygen atoms in total. The Hall–Kier alpha value is -1.95. The monoisotopic (exact) mass is 308 g/mol. The van der Waals surface area contributed by atoms with Gasteiger partial charge in [-0.3, -0.25) is 4.79 Å². The molecule has 110 valence electrons. The van der Waals surface area contributed by atoms with Gasteiger partial charge in [-0.05, 0) is 23.6 Å². The Bertz CT molecular complexity index is 617. The van der Waals surface area contributed by atoms with Crippen molar-refractivity contribution in [2.75, 3.05) is 31.1 Å². The molecule has 0 spiro atoms. The van der Waals surface area contributed by atoms with E-state index < -0.39 is 11.6 Å². The molecule has 1 aliphatic rings. The van der Waals surface area contributed by atoms with Gasteiger partial charge in [-0.1, -0.05) is 12.1 Å². The summed E-state index contributed by atoms with van der Waals surface area (Å²) >= 11 is 1.40. The summed E-state index contributed by atoms with van der Waals surface area (Å²) in [5.41, 5.74) is 0.000669. The summed E-state index contributed by atoms with van der Waals surface area (Å²) in [5.74, 6) is -1.14. The number of nitrogens with zero attached hydrogens (tertiary/aromatic N) is 2. The van der Waals surface area contributed by atoms with Crippen molar-refractivity contribution < 1.29 is 13.6 Å². The molecule has 1 amide bonds. The zero-order chi connectivity index (χ0) is 14.8. The number of hydrogen-bond acceptors (Lipinski definition) is 3. The molecule has 1 aromatic carbocycles. The third kappa shape index (κ3) is 2.76. The van der Waals surface area contributed by atoms with E-state index >= 15 is 0 Å². The minimum atomic E-state index is -0.562. The van der Waals surface area contributed by atoms with Gasteiger partial charge in [-0.25, -0.2) is 8.78 Å². The summed E-state index contributed by atoms with van der Waals surface area (Å²) in [5, 5.41) is 1.86. The molecule has 0 atom stereocenters. The maximum absolute atomic E-state index is 13.8. The Balaban J connectivity index is 1.69. The van der Waals surface area contributed by atoms with Gasteiger partial charge in [0.2, 0.25) is 0 Å². The van der Waals surface area contributed by atoms with Crippen LogP contribution in [0.25, 0.3) is 0 Å². The first-order valence-corrected chi connectivity index (χ1v) is 7.56.